The lowest BCUT2D eigenvalue weighted by molar-refractivity contribution is 0.178. The summed E-state index contributed by atoms with van der Waals surface area (Å²) in [7, 11) is 1.55. The average molecular weight is 247 g/mol. The molecule has 0 amide bonds. The first-order chi connectivity index (χ1) is 8.58. The zero-order chi connectivity index (χ0) is 13.1. The first-order valence-electron chi connectivity index (χ1n) is 5.48. The molecule has 2 rings (SSSR count). The second-order valence-corrected chi connectivity index (χ2v) is 4.04. The summed E-state index contributed by atoms with van der Waals surface area (Å²) in [5, 5.41) is 0. The summed E-state index contributed by atoms with van der Waals surface area (Å²) in [4.78, 5) is 8.33. The van der Waals surface area contributed by atoms with E-state index >= 15 is 0 Å². The van der Waals surface area contributed by atoms with Crippen LogP contribution in [0.2, 0.25) is 0 Å². The standard InChI is InChI=1S/C13H14FN3O/c1-8-3-9(5-10(14)4-8)11-6-12(15)17-13(16-11)7-18-2/h3-6H,7H2,1-2H3,(H2,15,16,17). The van der Waals surface area contributed by atoms with E-state index < -0.39 is 0 Å². The summed E-state index contributed by atoms with van der Waals surface area (Å²) >= 11 is 0. The van der Waals surface area contributed by atoms with Gasteiger partial charge < -0.3 is 10.5 Å². The van der Waals surface area contributed by atoms with Gasteiger partial charge in [-0.15, -0.1) is 0 Å². The molecule has 1 aromatic heterocycles. The van der Waals surface area contributed by atoms with Crippen molar-refractivity contribution in [2.75, 3.05) is 12.8 Å². The first-order valence-corrected chi connectivity index (χ1v) is 5.48. The lowest BCUT2D eigenvalue weighted by Crippen LogP contribution is -2.02. The van der Waals surface area contributed by atoms with Crippen molar-refractivity contribution in [3.05, 3.63) is 41.5 Å². The van der Waals surface area contributed by atoms with Gasteiger partial charge in [0.1, 0.15) is 18.2 Å². The van der Waals surface area contributed by atoms with Gasteiger partial charge in [-0.1, -0.05) is 0 Å². The van der Waals surface area contributed by atoms with Gasteiger partial charge in [0, 0.05) is 18.7 Å². The molecule has 0 atom stereocenters. The molecule has 0 aliphatic carbocycles. The van der Waals surface area contributed by atoms with E-state index in [9.17, 15) is 4.39 Å². The fourth-order valence-corrected chi connectivity index (χ4v) is 1.74. The summed E-state index contributed by atoms with van der Waals surface area (Å²) in [6, 6.07) is 6.35. The Labute approximate surface area is 105 Å². The van der Waals surface area contributed by atoms with Crippen LogP contribution in [-0.2, 0) is 11.3 Å². The van der Waals surface area contributed by atoms with Crippen LogP contribution in [0.1, 0.15) is 11.4 Å². The molecule has 0 aliphatic heterocycles. The van der Waals surface area contributed by atoms with Crippen LogP contribution in [0.4, 0.5) is 10.2 Å². The molecule has 18 heavy (non-hydrogen) atoms. The van der Waals surface area contributed by atoms with E-state index in [0.29, 0.717) is 22.9 Å². The highest BCUT2D eigenvalue weighted by Gasteiger charge is 2.07. The Bertz CT molecular complexity index is 552. The number of benzene rings is 1. The minimum atomic E-state index is -0.296. The zero-order valence-corrected chi connectivity index (χ0v) is 10.3. The minimum absolute atomic E-state index is 0.270. The summed E-state index contributed by atoms with van der Waals surface area (Å²) < 4.78 is 18.3. The van der Waals surface area contributed by atoms with Crippen LogP contribution in [0.25, 0.3) is 11.3 Å². The predicted molar refractivity (Wildman–Crippen MR) is 67.3 cm³/mol. The van der Waals surface area contributed by atoms with Crippen molar-refractivity contribution in [1.82, 2.24) is 9.97 Å². The fraction of sp³-hybridized carbons (Fsp3) is 0.231. The highest BCUT2D eigenvalue weighted by atomic mass is 19.1. The Hall–Kier alpha value is -2.01. The van der Waals surface area contributed by atoms with Crippen molar-refractivity contribution in [3.8, 4) is 11.3 Å². The minimum Gasteiger partial charge on any atom is -0.384 e. The zero-order valence-electron chi connectivity index (χ0n) is 10.3. The van der Waals surface area contributed by atoms with E-state index in [1.807, 2.05) is 13.0 Å². The maximum absolute atomic E-state index is 13.4. The molecule has 1 heterocycles. The second-order valence-electron chi connectivity index (χ2n) is 4.04. The fourth-order valence-electron chi connectivity index (χ4n) is 1.74. The van der Waals surface area contributed by atoms with Gasteiger partial charge in [-0.25, -0.2) is 14.4 Å². The van der Waals surface area contributed by atoms with Crippen molar-refractivity contribution in [2.24, 2.45) is 0 Å². The number of rotatable bonds is 3. The molecule has 2 aromatic rings. The molecule has 0 unspecified atom stereocenters. The maximum Gasteiger partial charge on any atom is 0.157 e. The van der Waals surface area contributed by atoms with Crippen LogP contribution in [0.5, 0.6) is 0 Å². The van der Waals surface area contributed by atoms with Gasteiger partial charge in [0.15, 0.2) is 5.82 Å². The number of anilines is 1. The molecule has 0 aliphatic rings. The van der Waals surface area contributed by atoms with Crippen LogP contribution in [-0.4, -0.2) is 17.1 Å². The third-order valence-electron chi connectivity index (χ3n) is 2.40. The number of aromatic nitrogens is 2. The number of halogens is 1. The molecule has 0 bridgehead atoms. The van der Waals surface area contributed by atoms with Crippen LogP contribution in [0.3, 0.4) is 0 Å². The normalized spacial score (nSPS) is 10.6. The van der Waals surface area contributed by atoms with Crippen LogP contribution in [0, 0.1) is 12.7 Å². The average Bonchev–Trinajstić information content (AvgIpc) is 2.27. The smallest absolute Gasteiger partial charge is 0.157 e. The quantitative estimate of drug-likeness (QED) is 0.904. The highest BCUT2D eigenvalue weighted by molar-refractivity contribution is 5.62. The molecule has 4 nitrogen and oxygen atoms in total. The summed E-state index contributed by atoms with van der Waals surface area (Å²) in [6.07, 6.45) is 0. The van der Waals surface area contributed by atoms with Gasteiger partial charge in [0.2, 0.25) is 0 Å². The summed E-state index contributed by atoms with van der Waals surface area (Å²) in [5.74, 6) is 0.527. The molecule has 94 valence electrons. The van der Waals surface area contributed by atoms with Gasteiger partial charge in [-0.05, 0) is 30.7 Å². The van der Waals surface area contributed by atoms with Crippen molar-refractivity contribution in [3.63, 3.8) is 0 Å². The van der Waals surface area contributed by atoms with Gasteiger partial charge in [-0.3, -0.25) is 0 Å². The lowest BCUT2D eigenvalue weighted by atomic mass is 10.1. The molecule has 0 fully saturated rings. The Morgan fingerprint density at radius 1 is 1.22 bits per heavy atom. The Morgan fingerprint density at radius 2 is 2.00 bits per heavy atom. The summed E-state index contributed by atoms with van der Waals surface area (Å²) in [6.45, 7) is 2.10. The molecule has 5 heteroatoms. The lowest BCUT2D eigenvalue weighted by Gasteiger charge is -2.06. The number of aryl methyl sites for hydroxylation is 1. The van der Waals surface area contributed by atoms with Crippen molar-refractivity contribution in [2.45, 2.75) is 13.5 Å². The van der Waals surface area contributed by atoms with Gasteiger partial charge in [0.25, 0.3) is 0 Å². The molecule has 0 saturated carbocycles. The number of hydrogen-bond donors (Lipinski definition) is 1. The monoisotopic (exact) mass is 247 g/mol. The van der Waals surface area contributed by atoms with Gasteiger partial charge >= 0.3 is 0 Å². The predicted octanol–water partition coefficient (Wildman–Crippen LogP) is 2.32. The number of nitrogens with two attached hydrogens (primary N) is 1. The van der Waals surface area contributed by atoms with E-state index in [1.54, 1.807) is 13.2 Å². The third kappa shape index (κ3) is 2.81. The molecule has 0 spiro atoms. The maximum atomic E-state index is 13.4. The van der Waals surface area contributed by atoms with Gasteiger partial charge in [0.05, 0.1) is 5.69 Å². The first kappa shape index (κ1) is 12.4. The van der Waals surface area contributed by atoms with Crippen LogP contribution < -0.4 is 5.73 Å². The SMILES string of the molecule is COCc1nc(N)cc(-c2cc(C)cc(F)c2)n1. The summed E-state index contributed by atoms with van der Waals surface area (Å²) in [5.41, 5.74) is 7.81. The van der Waals surface area contributed by atoms with Crippen LogP contribution in [0.15, 0.2) is 24.3 Å². The van der Waals surface area contributed by atoms with E-state index in [-0.39, 0.29) is 12.4 Å². The van der Waals surface area contributed by atoms with E-state index in [1.165, 1.54) is 12.1 Å². The second kappa shape index (κ2) is 5.10. The Morgan fingerprint density at radius 3 is 2.67 bits per heavy atom. The molecule has 0 radical (unpaired) electrons. The third-order valence-corrected chi connectivity index (χ3v) is 2.40. The molecular weight excluding hydrogens is 233 g/mol. The topological polar surface area (TPSA) is 61.0 Å². The van der Waals surface area contributed by atoms with E-state index in [4.69, 9.17) is 10.5 Å². The molecule has 1 aromatic carbocycles. The van der Waals surface area contributed by atoms with Crippen molar-refractivity contribution < 1.29 is 9.13 Å². The number of ether oxygens (including phenoxy) is 1. The van der Waals surface area contributed by atoms with Crippen molar-refractivity contribution in [1.29, 1.82) is 0 Å². The van der Waals surface area contributed by atoms with E-state index in [0.717, 1.165) is 5.56 Å². The van der Waals surface area contributed by atoms with Gasteiger partial charge in [-0.2, -0.15) is 0 Å². The molecule has 2 N–H and O–H groups in total. The number of nitrogen functional groups attached to an aromatic ring is 1. The van der Waals surface area contributed by atoms with Crippen LogP contribution >= 0.6 is 0 Å². The Kier molecular flexibility index (Phi) is 3.53. The largest absolute Gasteiger partial charge is 0.384 e. The molecular formula is C13H14FN3O. The number of methoxy groups -OCH3 is 1. The number of nitrogens with zero attached hydrogens (tertiary/aromatic N) is 2. The number of hydrogen-bond acceptors (Lipinski definition) is 4. The van der Waals surface area contributed by atoms with Crippen molar-refractivity contribution >= 4 is 5.82 Å². The molecule has 0 saturated heterocycles. The highest BCUT2D eigenvalue weighted by Crippen LogP contribution is 2.21. The van der Waals surface area contributed by atoms with E-state index in [2.05, 4.69) is 9.97 Å². The Balaban J connectivity index is 2.49.